The Bertz CT molecular complexity index is 1730. The number of aromatic amines is 1. The molecule has 0 amide bonds. The molecule has 14 heteroatoms. The van der Waals surface area contributed by atoms with Gasteiger partial charge in [0.05, 0.1) is 32.4 Å². The van der Waals surface area contributed by atoms with Crippen LogP contribution in [-0.2, 0) is 10.0 Å². The third kappa shape index (κ3) is 6.00. The van der Waals surface area contributed by atoms with Gasteiger partial charge in [0.2, 0.25) is 0 Å². The molecule has 1 aliphatic carbocycles. The van der Waals surface area contributed by atoms with Gasteiger partial charge in [-0.3, -0.25) is 14.7 Å². The zero-order valence-electron chi connectivity index (χ0n) is 25.1. The highest BCUT2D eigenvalue weighted by Gasteiger charge is 2.31. The van der Waals surface area contributed by atoms with Gasteiger partial charge in [0.25, 0.3) is 10.0 Å². The maximum absolute atomic E-state index is 14.3. The number of anilines is 3. The van der Waals surface area contributed by atoms with Gasteiger partial charge in [0, 0.05) is 29.8 Å². The molecule has 0 bridgehead atoms. The summed E-state index contributed by atoms with van der Waals surface area (Å²) >= 11 is 0. The second kappa shape index (κ2) is 12.2. The number of hydrogen-bond donors (Lipinski definition) is 3. The number of nitrogens with one attached hydrogen (secondary N) is 3. The van der Waals surface area contributed by atoms with Crippen molar-refractivity contribution in [3.05, 3.63) is 41.6 Å². The average Bonchev–Trinajstić information content (AvgIpc) is 3.64. The number of ether oxygens (including phenoxy) is 3. The topological polar surface area (TPSA) is 144 Å². The van der Waals surface area contributed by atoms with Crippen molar-refractivity contribution in [2.24, 2.45) is 0 Å². The number of nitrogens with zero attached hydrogens (tertiary/aromatic N) is 3. The van der Waals surface area contributed by atoms with E-state index < -0.39 is 16.2 Å². The molecule has 2 atom stereocenters. The fraction of sp³-hybridized carbons (Fsp3) is 0.467. The van der Waals surface area contributed by atoms with Gasteiger partial charge in [-0.05, 0) is 75.9 Å². The molecule has 1 saturated heterocycles. The van der Waals surface area contributed by atoms with Crippen molar-refractivity contribution in [2.45, 2.75) is 61.6 Å². The van der Waals surface area contributed by atoms with Crippen LogP contribution < -0.4 is 24.2 Å². The lowest BCUT2D eigenvalue weighted by atomic mass is 9.95. The third-order valence-corrected chi connectivity index (χ3v) is 9.75. The number of fused-ring (bicyclic) bond motifs is 1. The Morgan fingerprint density at radius 1 is 0.977 bits per heavy atom. The Morgan fingerprint density at radius 3 is 2.39 bits per heavy atom. The fourth-order valence-electron chi connectivity index (χ4n) is 5.83. The quantitative estimate of drug-likeness (QED) is 0.195. The van der Waals surface area contributed by atoms with E-state index in [1.165, 1.54) is 21.3 Å². The molecule has 6 rings (SSSR count). The summed E-state index contributed by atoms with van der Waals surface area (Å²) < 4.78 is 66.8. The second-order valence-corrected chi connectivity index (χ2v) is 13.0. The minimum Gasteiger partial charge on any atom is -0.495 e. The van der Waals surface area contributed by atoms with Crippen molar-refractivity contribution in [3.8, 4) is 17.2 Å². The molecule has 236 valence electrons. The summed E-state index contributed by atoms with van der Waals surface area (Å²) in [7, 11) is 2.01. The summed E-state index contributed by atoms with van der Waals surface area (Å²) in [5.41, 5.74) is 2.77. The highest BCUT2D eigenvalue weighted by Crippen LogP contribution is 2.43. The van der Waals surface area contributed by atoms with Crippen LogP contribution in [0.4, 0.5) is 21.7 Å². The van der Waals surface area contributed by atoms with Gasteiger partial charge in [-0.1, -0.05) is 5.16 Å². The van der Waals surface area contributed by atoms with Crippen LogP contribution >= 0.6 is 0 Å². The lowest BCUT2D eigenvalue weighted by Crippen LogP contribution is -2.29. The summed E-state index contributed by atoms with van der Waals surface area (Å²) in [5, 5.41) is 15.0. The highest BCUT2D eigenvalue weighted by molar-refractivity contribution is 7.93. The van der Waals surface area contributed by atoms with Gasteiger partial charge in [0.15, 0.2) is 22.1 Å². The van der Waals surface area contributed by atoms with E-state index in [0.29, 0.717) is 53.4 Å². The van der Waals surface area contributed by atoms with Gasteiger partial charge >= 0.3 is 0 Å². The number of rotatable bonds is 10. The van der Waals surface area contributed by atoms with Crippen LogP contribution in [-0.4, -0.2) is 69.8 Å². The van der Waals surface area contributed by atoms with E-state index in [0.717, 1.165) is 37.1 Å². The molecule has 12 nitrogen and oxygen atoms in total. The predicted octanol–water partition coefficient (Wildman–Crippen LogP) is 5.88. The molecule has 4 aromatic rings. The standard InChI is InChI=1S/C30H37FN6O6S/c1-37-11-5-6-19(31)9-10-23(37)18-12-26(41-3)29(27(13-18)42-4)44(38,39)36-30-20-14-25(40-2)22(15-24(20)43-35-30)32-28-16-21(33-34-28)17-7-8-17/h12-17,19,23H,5-11H2,1-4H3,(H,35,36)(H2,32,33,34)/t19-,23-/m1/s1. The smallest absolute Gasteiger partial charge is 0.270 e. The number of alkyl halides is 1. The van der Waals surface area contributed by atoms with Crippen molar-refractivity contribution in [1.82, 2.24) is 20.3 Å². The molecule has 0 unspecified atom stereocenters. The summed E-state index contributed by atoms with van der Waals surface area (Å²) in [6, 6.07) is 8.50. The van der Waals surface area contributed by atoms with E-state index in [9.17, 15) is 12.8 Å². The summed E-state index contributed by atoms with van der Waals surface area (Å²) in [4.78, 5) is 1.97. The van der Waals surface area contributed by atoms with Crippen LogP contribution in [0.25, 0.3) is 11.0 Å². The van der Waals surface area contributed by atoms with E-state index in [1.807, 2.05) is 13.1 Å². The van der Waals surface area contributed by atoms with Gasteiger partial charge < -0.3 is 24.1 Å². The highest BCUT2D eigenvalue weighted by atomic mass is 32.2. The molecule has 2 aromatic heterocycles. The van der Waals surface area contributed by atoms with Crippen LogP contribution in [0.5, 0.6) is 17.2 Å². The monoisotopic (exact) mass is 628 g/mol. The van der Waals surface area contributed by atoms with Crippen molar-refractivity contribution in [2.75, 3.05) is 45.0 Å². The van der Waals surface area contributed by atoms with E-state index in [2.05, 4.69) is 30.3 Å². The molecular formula is C30H37FN6O6S. The number of sulfonamides is 1. The molecule has 1 aliphatic heterocycles. The van der Waals surface area contributed by atoms with Crippen LogP contribution in [0, 0.1) is 0 Å². The van der Waals surface area contributed by atoms with Crippen LogP contribution in [0.15, 0.2) is 39.8 Å². The Hall–Kier alpha value is -4.04. The number of hydrogen-bond acceptors (Lipinski definition) is 10. The molecule has 0 radical (unpaired) electrons. The zero-order valence-corrected chi connectivity index (χ0v) is 26.0. The molecule has 0 spiro atoms. The third-order valence-electron chi connectivity index (χ3n) is 8.35. The van der Waals surface area contributed by atoms with Gasteiger partial charge in [-0.15, -0.1) is 0 Å². The molecule has 1 saturated carbocycles. The number of methoxy groups -OCH3 is 3. The Labute approximate surface area is 255 Å². The summed E-state index contributed by atoms with van der Waals surface area (Å²) in [6.45, 7) is 0.723. The first-order chi connectivity index (χ1) is 21.2. The predicted molar refractivity (Wildman–Crippen MR) is 163 cm³/mol. The van der Waals surface area contributed by atoms with Gasteiger partial charge in [0.1, 0.15) is 23.4 Å². The second-order valence-electron chi connectivity index (χ2n) is 11.4. The Kier molecular flexibility index (Phi) is 8.29. The molecule has 3 heterocycles. The van der Waals surface area contributed by atoms with Crippen molar-refractivity contribution in [1.29, 1.82) is 0 Å². The van der Waals surface area contributed by atoms with E-state index in [-0.39, 0.29) is 28.3 Å². The van der Waals surface area contributed by atoms with Crippen LogP contribution in [0.1, 0.15) is 61.7 Å². The SMILES string of the molecule is COc1cc2c(NS(=O)(=O)c3c(OC)cc([C@H]4CC[C@H](F)CCCN4C)cc3OC)noc2cc1Nc1cc(C2CC2)[nH]n1. The summed E-state index contributed by atoms with van der Waals surface area (Å²) in [5.74, 6) is 1.76. The first kappa shape index (κ1) is 30.0. The van der Waals surface area contributed by atoms with E-state index in [4.69, 9.17) is 18.7 Å². The lowest BCUT2D eigenvalue weighted by Gasteiger charge is -2.32. The van der Waals surface area contributed by atoms with E-state index in [1.54, 1.807) is 24.3 Å². The first-order valence-corrected chi connectivity index (χ1v) is 16.1. The summed E-state index contributed by atoms with van der Waals surface area (Å²) in [6.07, 6.45) is 3.73. The van der Waals surface area contributed by atoms with Gasteiger partial charge in [-0.2, -0.15) is 5.10 Å². The van der Waals surface area contributed by atoms with Gasteiger partial charge in [-0.25, -0.2) is 12.8 Å². The average molecular weight is 629 g/mol. The normalized spacial score (nSPS) is 19.8. The fourth-order valence-corrected chi connectivity index (χ4v) is 7.14. The molecule has 2 aliphatic rings. The number of H-pyrrole nitrogens is 1. The minimum absolute atomic E-state index is 0.0254. The van der Waals surface area contributed by atoms with Crippen molar-refractivity contribution < 1.29 is 31.5 Å². The molecule has 44 heavy (non-hydrogen) atoms. The van der Waals surface area contributed by atoms with Crippen LogP contribution in [0.3, 0.4) is 0 Å². The number of likely N-dealkylation sites (tertiary alicyclic amines) is 1. The Morgan fingerprint density at radius 2 is 1.70 bits per heavy atom. The Balaban J connectivity index is 1.30. The maximum atomic E-state index is 14.3. The van der Waals surface area contributed by atoms with E-state index >= 15 is 0 Å². The number of aromatic nitrogens is 3. The minimum atomic E-state index is -4.29. The molecule has 3 N–H and O–H groups in total. The largest absolute Gasteiger partial charge is 0.495 e. The van der Waals surface area contributed by atoms with Crippen molar-refractivity contribution >= 4 is 38.3 Å². The van der Waals surface area contributed by atoms with Crippen LogP contribution in [0.2, 0.25) is 0 Å². The molecular weight excluding hydrogens is 591 g/mol. The molecule has 2 fully saturated rings. The lowest BCUT2D eigenvalue weighted by molar-refractivity contribution is 0.165. The first-order valence-electron chi connectivity index (χ1n) is 14.6. The molecule has 2 aromatic carbocycles. The maximum Gasteiger partial charge on any atom is 0.270 e. The zero-order chi connectivity index (χ0) is 31.0. The van der Waals surface area contributed by atoms with Crippen molar-refractivity contribution in [3.63, 3.8) is 0 Å². The number of benzene rings is 2. The number of halogens is 1.